The molecular weight excluding hydrogens is 354 g/mol. The summed E-state index contributed by atoms with van der Waals surface area (Å²) < 4.78 is 15.5. The summed E-state index contributed by atoms with van der Waals surface area (Å²) in [6, 6.07) is 4.83. The quantitative estimate of drug-likeness (QED) is 0.726. The number of ether oxygens (including phenoxy) is 3. The van der Waals surface area contributed by atoms with Crippen LogP contribution in [-0.2, 0) is 19.1 Å². The van der Waals surface area contributed by atoms with Crippen molar-refractivity contribution in [1.29, 1.82) is 0 Å². The van der Waals surface area contributed by atoms with Gasteiger partial charge in [0.05, 0.1) is 12.3 Å². The Hall–Kier alpha value is -2.81. The largest absolute Gasteiger partial charge is 0.482 e. The number of carbonyl (C=O) groups excluding carboxylic acids is 3. The van der Waals surface area contributed by atoms with Crippen molar-refractivity contribution in [3.05, 3.63) is 18.2 Å². The van der Waals surface area contributed by atoms with Gasteiger partial charge < -0.3 is 19.5 Å². The van der Waals surface area contributed by atoms with Gasteiger partial charge in [-0.05, 0) is 39.0 Å². The molecule has 0 bridgehead atoms. The van der Waals surface area contributed by atoms with Crippen LogP contribution in [0.1, 0.15) is 20.8 Å². The Balaban J connectivity index is 2.13. The first-order valence-corrected chi connectivity index (χ1v) is 8.52. The van der Waals surface area contributed by atoms with Gasteiger partial charge in [-0.25, -0.2) is 4.79 Å². The van der Waals surface area contributed by atoms with E-state index in [4.69, 9.17) is 14.2 Å². The topological polar surface area (TPSA) is 106 Å². The maximum Gasteiger partial charge on any atom is 0.412 e. The van der Waals surface area contributed by atoms with Gasteiger partial charge in [-0.3, -0.25) is 19.8 Å². The van der Waals surface area contributed by atoms with Gasteiger partial charge >= 0.3 is 6.09 Å². The van der Waals surface area contributed by atoms with Gasteiger partial charge in [0.2, 0.25) is 5.91 Å². The van der Waals surface area contributed by atoms with Crippen molar-refractivity contribution in [3.63, 3.8) is 0 Å². The molecule has 1 aliphatic rings. The second-order valence-corrected chi connectivity index (χ2v) is 6.92. The fraction of sp³-hybridized carbons (Fsp3) is 0.500. The summed E-state index contributed by atoms with van der Waals surface area (Å²) in [5.41, 5.74) is 0.191. The van der Waals surface area contributed by atoms with Gasteiger partial charge in [0.1, 0.15) is 17.9 Å². The van der Waals surface area contributed by atoms with Crippen LogP contribution in [0, 0.1) is 0 Å². The molecule has 0 fully saturated rings. The molecule has 0 saturated heterocycles. The first-order chi connectivity index (χ1) is 12.7. The number of hydrogen-bond donors (Lipinski definition) is 2. The predicted molar refractivity (Wildman–Crippen MR) is 99.0 cm³/mol. The molecule has 148 valence electrons. The molecule has 1 aromatic rings. The third-order valence-corrected chi connectivity index (χ3v) is 3.48. The van der Waals surface area contributed by atoms with Gasteiger partial charge in [0.15, 0.2) is 6.61 Å². The molecule has 2 N–H and O–H groups in total. The van der Waals surface area contributed by atoms with E-state index in [9.17, 15) is 14.4 Å². The van der Waals surface area contributed by atoms with Gasteiger partial charge in [-0.1, -0.05) is 0 Å². The standard InChI is InChI=1S/C18H25N3O6/c1-18(2,3)27-17(24)20-12-5-6-14-13(9-12)21(16(23)11-26-14)10-15(22)19-7-8-25-4/h5-6,9H,7-8,10-11H2,1-4H3,(H,19,22)(H,20,24). The molecule has 1 aromatic carbocycles. The smallest absolute Gasteiger partial charge is 0.412 e. The maximum atomic E-state index is 12.2. The second-order valence-electron chi connectivity index (χ2n) is 6.92. The van der Waals surface area contributed by atoms with Crippen LogP contribution in [0.3, 0.4) is 0 Å². The first-order valence-electron chi connectivity index (χ1n) is 8.52. The molecule has 9 heteroatoms. The molecule has 1 aliphatic heterocycles. The van der Waals surface area contributed by atoms with Crippen LogP contribution in [0.5, 0.6) is 5.75 Å². The normalized spacial score (nSPS) is 13.5. The molecule has 0 atom stereocenters. The lowest BCUT2D eigenvalue weighted by atomic mass is 10.2. The number of hydrogen-bond acceptors (Lipinski definition) is 6. The number of amides is 3. The molecule has 0 aliphatic carbocycles. The number of fused-ring (bicyclic) bond motifs is 1. The Morgan fingerprint density at radius 3 is 2.70 bits per heavy atom. The molecule has 2 rings (SSSR count). The number of carbonyl (C=O) groups is 3. The van der Waals surface area contributed by atoms with E-state index in [0.717, 1.165) is 0 Å². The van der Waals surface area contributed by atoms with Crippen LogP contribution in [0.25, 0.3) is 0 Å². The van der Waals surface area contributed by atoms with E-state index in [1.165, 1.54) is 12.0 Å². The Kier molecular flexibility index (Phi) is 6.62. The van der Waals surface area contributed by atoms with Crippen LogP contribution in [0.4, 0.5) is 16.2 Å². The number of nitrogens with zero attached hydrogens (tertiary/aromatic N) is 1. The van der Waals surface area contributed by atoms with E-state index in [1.807, 2.05) is 0 Å². The lowest BCUT2D eigenvalue weighted by Gasteiger charge is -2.29. The number of methoxy groups -OCH3 is 1. The number of anilines is 2. The molecule has 0 radical (unpaired) electrons. The number of nitrogens with one attached hydrogen (secondary N) is 2. The van der Waals surface area contributed by atoms with Crippen molar-refractivity contribution >= 4 is 29.3 Å². The molecular formula is C18H25N3O6. The van der Waals surface area contributed by atoms with Crippen molar-refractivity contribution in [1.82, 2.24) is 5.32 Å². The van der Waals surface area contributed by atoms with Crippen LogP contribution >= 0.6 is 0 Å². The Morgan fingerprint density at radius 2 is 2.04 bits per heavy atom. The zero-order valence-electron chi connectivity index (χ0n) is 16.0. The molecule has 0 spiro atoms. The average molecular weight is 379 g/mol. The highest BCUT2D eigenvalue weighted by Gasteiger charge is 2.28. The third-order valence-electron chi connectivity index (χ3n) is 3.48. The van der Waals surface area contributed by atoms with Crippen molar-refractivity contribution in [2.45, 2.75) is 26.4 Å². The first kappa shape index (κ1) is 20.5. The molecule has 0 unspecified atom stereocenters. The minimum atomic E-state index is -0.635. The summed E-state index contributed by atoms with van der Waals surface area (Å²) in [5, 5.41) is 5.27. The zero-order valence-corrected chi connectivity index (χ0v) is 16.0. The van der Waals surface area contributed by atoms with Crippen LogP contribution in [-0.4, -0.2) is 56.9 Å². The Morgan fingerprint density at radius 1 is 1.30 bits per heavy atom. The highest BCUT2D eigenvalue weighted by atomic mass is 16.6. The lowest BCUT2D eigenvalue weighted by Crippen LogP contribution is -2.45. The molecule has 27 heavy (non-hydrogen) atoms. The molecule has 0 aromatic heterocycles. The molecule has 1 heterocycles. The Bertz CT molecular complexity index is 714. The highest BCUT2D eigenvalue weighted by Crippen LogP contribution is 2.34. The van der Waals surface area contributed by atoms with Crippen molar-refractivity contribution < 1.29 is 28.6 Å². The average Bonchev–Trinajstić information content (AvgIpc) is 2.56. The fourth-order valence-corrected chi connectivity index (χ4v) is 2.37. The zero-order chi connectivity index (χ0) is 20.0. The molecule has 0 saturated carbocycles. The second kappa shape index (κ2) is 8.72. The summed E-state index contributed by atoms with van der Waals surface area (Å²) in [4.78, 5) is 37.6. The third kappa shape index (κ3) is 6.14. The fourth-order valence-electron chi connectivity index (χ4n) is 2.37. The van der Waals surface area contributed by atoms with Gasteiger partial charge in [-0.15, -0.1) is 0 Å². The predicted octanol–water partition coefficient (Wildman–Crippen LogP) is 1.52. The van der Waals surface area contributed by atoms with E-state index in [2.05, 4.69) is 10.6 Å². The SMILES string of the molecule is COCCNC(=O)CN1C(=O)COc2ccc(NC(=O)OC(C)(C)C)cc21. The van der Waals surface area contributed by atoms with E-state index < -0.39 is 11.7 Å². The van der Waals surface area contributed by atoms with E-state index >= 15 is 0 Å². The minimum Gasteiger partial charge on any atom is -0.482 e. The lowest BCUT2D eigenvalue weighted by molar-refractivity contribution is -0.125. The number of benzene rings is 1. The monoisotopic (exact) mass is 379 g/mol. The van der Waals surface area contributed by atoms with E-state index in [0.29, 0.717) is 30.3 Å². The van der Waals surface area contributed by atoms with Crippen LogP contribution in [0.2, 0.25) is 0 Å². The summed E-state index contributed by atoms with van der Waals surface area (Å²) in [6.07, 6.45) is -0.616. The number of rotatable bonds is 6. The van der Waals surface area contributed by atoms with Crippen molar-refractivity contribution in [2.24, 2.45) is 0 Å². The van der Waals surface area contributed by atoms with Crippen LogP contribution < -0.4 is 20.3 Å². The summed E-state index contributed by atoms with van der Waals surface area (Å²) in [6.45, 7) is 5.69. The summed E-state index contributed by atoms with van der Waals surface area (Å²) in [5.74, 6) is -0.216. The summed E-state index contributed by atoms with van der Waals surface area (Å²) in [7, 11) is 1.53. The molecule has 3 amide bonds. The minimum absolute atomic E-state index is 0.156. The summed E-state index contributed by atoms with van der Waals surface area (Å²) >= 11 is 0. The highest BCUT2D eigenvalue weighted by molar-refractivity contribution is 6.03. The van der Waals surface area contributed by atoms with Crippen molar-refractivity contribution in [2.75, 3.05) is 43.6 Å². The Labute approximate surface area is 157 Å². The van der Waals surface area contributed by atoms with Crippen LogP contribution in [0.15, 0.2) is 18.2 Å². The van der Waals surface area contributed by atoms with Crippen molar-refractivity contribution in [3.8, 4) is 5.75 Å². The maximum absolute atomic E-state index is 12.2. The van der Waals surface area contributed by atoms with E-state index in [-0.39, 0.29) is 25.0 Å². The van der Waals surface area contributed by atoms with E-state index in [1.54, 1.807) is 39.0 Å². The van der Waals surface area contributed by atoms with Gasteiger partial charge in [0, 0.05) is 19.3 Å². The molecule has 9 nitrogen and oxygen atoms in total. The van der Waals surface area contributed by atoms with Gasteiger partial charge in [0.25, 0.3) is 5.91 Å². The van der Waals surface area contributed by atoms with Gasteiger partial charge in [-0.2, -0.15) is 0 Å².